The van der Waals surface area contributed by atoms with E-state index in [0.717, 1.165) is 12.0 Å². The average Bonchev–Trinajstić information content (AvgIpc) is 2.95. The summed E-state index contributed by atoms with van der Waals surface area (Å²) in [5, 5.41) is 1.12. The summed E-state index contributed by atoms with van der Waals surface area (Å²) >= 11 is 12.2. The van der Waals surface area contributed by atoms with Crippen LogP contribution in [0.4, 0.5) is 0 Å². The van der Waals surface area contributed by atoms with Crippen LogP contribution < -0.4 is 4.74 Å². The molecule has 17 heavy (non-hydrogen) atoms. The minimum atomic E-state index is 0.370. The van der Waals surface area contributed by atoms with Crippen LogP contribution in [-0.4, -0.2) is 19.3 Å². The quantitative estimate of drug-likeness (QED) is 0.775. The molecule has 2 nitrogen and oxygen atoms in total. The Balaban J connectivity index is 2.11. The molecule has 1 saturated heterocycles. The van der Waals surface area contributed by atoms with Gasteiger partial charge in [0.05, 0.1) is 29.4 Å². The van der Waals surface area contributed by atoms with Crippen LogP contribution in [-0.2, 0) is 11.2 Å². The number of ether oxygens (including phenoxy) is 2. The molecule has 1 aliphatic heterocycles. The summed E-state index contributed by atoms with van der Waals surface area (Å²) in [6.45, 7) is 4.27. The SMILES string of the molecule is COc1c(Cl)cc(CC(C)C2OC2C)cc1Cl. The first-order chi connectivity index (χ1) is 8.02. The predicted molar refractivity (Wildman–Crippen MR) is 70.2 cm³/mol. The van der Waals surface area contributed by atoms with Crippen LogP contribution >= 0.6 is 23.2 Å². The number of methoxy groups -OCH3 is 1. The third-order valence-electron chi connectivity index (χ3n) is 3.14. The number of hydrogen-bond acceptors (Lipinski definition) is 2. The Hall–Kier alpha value is -0.440. The molecule has 1 aliphatic rings. The van der Waals surface area contributed by atoms with Crippen molar-refractivity contribution in [2.24, 2.45) is 5.92 Å². The normalized spacial score (nSPS) is 24.5. The van der Waals surface area contributed by atoms with E-state index in [1.807, 2.05) is 12.1 Å². The third-order valence-corrected chi connectivity index (χ3v) is 3.70. The van der Waals surface area contributed by atoms with Crippen molar-refractivity contribution in [1.29, 1.82) is 0 Å². The van der Waals surface area contributed by atoms with Gasteiger partial charge in [0.2, 0.25) is 0 Å². The zero-order valence-corrected chi connectivity index (χ0v) is 11.7. The highest BCUT2D eigenvalue weighted by molar-refractivity contribution is 6.37. The van der Waals surface area contributed by atoms with Crippen LogP contribution in [0.2, 0.25) is 10.0 Å². The standard InChI is InChI=1S/C13H16Cl2O2/c1-7(12-8(2)17-12)4-9-5-10(14)13(16-3)11(15)6-9/h5-8,12H,4H2,1-3H3. The lowest BCUT2D eigenvalue weighted by Gasteiger charge is -2.12. The summed E-state index contributed by atoms with van der Waals surface area (Å²) in [6.07, 6.45) is 1.67. The lowest BCUT2D eigenvalue weighted by atomic mass is 9.97. The van der Waals surface area contributed by atoms with Crippen LogP contribution in [0.1, 0.15) is 19.4 Å². The molecule has 2 rings (SSSR count). The maximum absolute atomic E-state index is 6.10. The summed E-state index contributed by atoms with van der Waals surface area (Å²) in [7, 11) is 1.56. The van der Waals surface area contributed by atoms with Gasteiger partial charge < -0.3 is 9.47 Å². The molecule has 0 aromatic heterocycles. The first-order valence-electron chi connectivity index (χ1n) is 5.70. The van der Waals surface area contributed by atoms with Gasteiger partial charge in [-0.25, -0.2) is 0 Å². The van der Waals surface area contributed by atoms with Crippen LogP contribution in [0, 0.1) is 5.92 Å². The second kappa shape index (κ2) is 5.05. The molecule has 0 bridgehead atoms. The van der Waals surface area contributed by atoms with E-state index in [2.05, 4.69) is 13.8 Å². The highest BCUT2D eigenvalue weighted by atomic mass is 35.5. The molecule has 0 spiro atoms. The second-order valence-corrected chi connectivity index (χ2v) is 5.39. The molecule has 1 aromatic rings. The second-order valence-electron chi connectivity index (χ2n) is 4.58. The van der Waals surface area contributed by atoms with E-state index >= 15 is 0 Å². The molecule has 94 valence electrons. The van der Waals surface area contributed by atoms with E-state index in [1.165, 1.54) is 0 Å². The van der Waals surface area contributed by atoms with E-state index in [4.69, 9.17) is 32.7 Å². The number of rotatable bonds is 4. The molecular weight excluding hydrogens is 259 g/mol. The van der Waals surface area contributed by atoms with E-state index < -0.39 is 0 Å². The number of hydrogen-bond donors (Lipinski definition) is 0. The van der Waals surface area contributed by atoms with Crippen molar-refractivity contribution in [3.05, 3.63) is 27.7 Å². The monoisotopic (exact) mass is 274 g/mol. The highest BCUT2D eigenvalue weighted by Gasteiger charge is 2.38. The van der Waals surface area contributed by atoms with Gasteiger partial charge in [-0.1, -0.05) is 30.1 Å². The lowest BCUT2D eigenvalue weighted by molar-refractivity contribution is 0.328. The van der Waals surface area contributed by atoms with Gasteiger partial charge in [-0.15, -0.1) is 0 Å². The molecule has 0 amide bonds. The molecular formula is C13H16Cl2O2. The number of epoxide rings is 1. The largest absolute Gasteiger partial charge is 0.494 e. The average molecular weight is 275 g/mol. The van der Waals surface area contributed by atoms with Crippen molar-refractivity contribution >= 4 is 23.2 Å². The van der Waals surface area contributed by atoms with Crippen molar-refractivity contribution in [1.82, 2.24) is 0 Å². The Morgan fingerprint density at radius 1 is 1.35 bits per heavy atom. The fourth-order valence-corrected chi connectivity index (χ4v) is 2.90. The van der Waals surface area contributed by atoms with E-state index in [9.17, 15) is 0 Å². The molecule has 1 aromatic carbocycles. The molecule has 0 saturated carbocycles. The maximum atomic E-state index is 6.10. The van der Waals surface area contributed by atoms with Crippen molar-refractivity contribution in [3.63, 3.8) is 0 Å². The zero-order valence-electron chi connectivity index (χ0n) is 10.2. The van der Waals surface area contributed by atoms with Crippen molar-refractivity contribution in [2.45, 2.75) is 32.5 Å². The van der Waals surface area contributed by atoms with Gasteiger partial charge in [0.15, 0.2) is 5.75 Å². The highest BCUT2D eigenvalue weighted by Crippen LogP contribution is 2.36. The van der Waals surface area contributed by atoms with Gasteiger partial charge >= 0.3 is 0 Å². The van der Waals surface area contributed by atoms with Gasteiger partial charge in [-0.3, -0.25) is 0 Å². The van der Waals surface area contributed by atoms with Crippen LogP contribution in [0.5, 0.6) is 5.75 Å². The summed E-state index contributed by atoms with van der Waals surface area (Å²) in [4.78, 5) is 0. The number of benzene rings is 1. The van der Waals surface area contributed by atoms with Gasteiger partial charge in [-0.2, -0.15) is 0 Å². The minimum absolute atomic E-state index is 0.370. The third kappa shape index (κ3) is 2.87. The number of halogens is 2. The van der Waals surface area contributed by atoms with Crippen LogP contribution in [0.15, 0.2) is 12.1 Å². The molecule has 0 aliphatic carbocycles. The van der Waals surface area contributed by atoms with E-state index in [-0.39, 0.29) is 0 Å². The van der Waals surface area contributed by atoms with Crippen molar-refractivity contribution in [2.75, 3.05) is 7.11 Å². The molecule has 3 atom stereocenters. The fraction of sp³-hybridized carbons (Fsp3) is 0.538. The Kier molecular flexibility index (Phi) is 3.86. The summed E-state index contributed by atoms with van der Waals surface area (Å²) in [5.74, 6) is 1.02. The Morgan fingerprint density at radius 3 is 2.29 bits per heavy atom. The molecule has 4 heteroatoms. The van der Waals surface area contributed by atoms with Gasteiger partial charge in [0, 0.05) is 0 Å². The van der Waals surface area contributed by atoms with Crippen LogP contribution in [0.25, 0.3) is 0 Å². The lowest BCUT2D eigenvalue weighted by Crippen LogP contribution is -2.09. The Bertz CT molecular complexity index is 397. The molecule has 1 fully saturated rings. The molecule has 0 N–H and O–H groups in total. The summed E-state index contributed by atoms with van der Waals surface area (Å²) < 4.78 is 10.6. The Labute approximate surface area is 112 Å². The summed E-state index contributed by atoms with van der Waals surface area (Å²) in [5.41, 5.74) is 1.12. The van der Waals surface area contributed by atoms with Gasteiger partial charge in [0.25, 0.3) is 0 Å². The first-order valence-corrected chi connectivity index (χ1v) is 6.46. The van der Waals surface area contributed by atoms with Crippen molar-refractivity contribution < 1.29 is 9.47 Å². The fourth-order valence-electron chi connectivity index (χ4n) is 2.21. The first kappa shape index (κ1) is 13.0. The molecule has 0 radical (unpaired) electrons. The van der Waals surface area contributed by atoms with Gasteiger partial charge in [0.1, 0.15) is 0 Å². The smallest absolute Gasteiger partial charge is 0.156 e. The summed E-state index contributed by atoms with van der Waals surface area (Å²) in [6, 6.07) is 3.83. The van der Waals surface area contributed by atoms with Gasteiger partial charge in [-0.05, 0) is 37.0 Å². The van der Waals surface area contributed by atoms with E-state index in [1.54, 1.807) is 7.11 Å². The minimum Gasteiger partial charge on any atom is -0.494 e. The predicted octanol–water partition coefficient (Wildman–Crippen LogP) is 3.97. The molecule has 1 heterocycles. The van der Waals surface area contributed by atoms with E-state index in [0.29, 0.717) is 33.9 Å². The maximum Gasteiger partial charge on any atom is 0.156 e. The molecule has 3 unspecified atom stereocenters. The van der Waals surface area contributed by atoms with Crippen molar-refractivity contribution in [3.8, 4) is 5.75 Å². The zero-order chi connectivity index (χ0) is 12.6. The topological polar surface area (TPSA) is 21.8 Å². The Morgan fingerprint density at radius 2 is 1.88 bits per heavy atom. The van der Waals surface area contributed by atoms with Crippen LogP contribution in [0.3, 0.4) is 0 Å².